The lowest BCUT2D eigenvalue weighted by molar-refractivity contribution is -0.143. The van der Waals surface area contributed by atoms with Crippen LogP contribution in [0.2, 0.25) is 0 Å². The third-order valence-electron chi connectivity index (χ3n) is 2.38. The number of hydrogen-bond acceptors (Lipinski definition) is 4. The molecule has 6 nitrogen and oxygen atoms in total. The van der Waals surface area contributed by atoms with Gasteiger partial charge in [-0.1, -0.05) is 19.8 Å². The third kappa shape index (κ3) is 11.3. The van der Waals surface area contributed by atoms with Crippen LogP contribution in [0.3, 0.4) is 0 Å². The molecule has 1 unspecified atom stereocenters. The fourth-order valence-corrected chi connectivity index (χ4v) is 1.51. The monoisotopic (exact) mass is 262 g/mol. The molecule has 0 radical (unpaired) electrons. The Labute approximate surface area is 107 Å². The molecule has 0 saturated carbocycles. The maximum absolute atomic E-state index is 10.6. The smallest absolute Gasteiger partial charge is 0.329 e. The van der Waals surface area contributed by atoms with E-state index in [4.69, 9.17) is 19.7 Å². The number of rotatable bonds is 12. The minimum atomic E-state index is -1.01. The predicted octanol–water partition coefficient (Wildman–Crippen LogP) is 1.39. The van der Waals surface area contributed by atoms with Gasteiger partial charge in [0.15, 0.2) is 0 Å². The Balaban J connectivity index is 3.61. The minimum absolute atomic E-state index is 0.0157. The van der Waals surface area contributed by atoms with Crippen LogP contribution < -0.4 is 0 Å². The molecule has 0 fully saturated rings. The van der Waals surface area contributed by atoms with Crippen molar-refractivity contribution in [2.45, 2.75) is 32.6 Å². The van der Waals surface area contributed by atoms with Crippen LogP contribution in [0.1, 0.15) is 32.6 Å². The summed E-state index contributed by atoms with van der Waals surface area (Å²) in [6.45, 7) is 2.59. The van der Waals surface area contributed by atoms with E-state index in [-0.39, 0.29) is 32.2 Å². The maximum Gasteiger partial charge on any atom is 0.329 e. The molecule has 6 heteroatoms. The normalized spacial score (nSPS) is 12.3. The first-order valence-electron chi connectivity index (χ1n) is 6.15. The van der Waals surface area contributed by atoms with E-state index in [1.807, 2.05) is 0 Å². The quantitative estimate of drug-likeness (QED) is 0.516. The molecule has 0 heterocycles. The number of unbranched alkanes of at least 4 members (excludes halogenated alkanes) is 1. The van der Waals surface area contributed by atoms with Crippen molar-refractivity contribution in [2.75, 3.05) is 26.4 Å². The van der Waals surface area contributed by atoms with Gasteiger partial charge in [0.25, 0.3) is 0 Å². The highest BCUT2D eigenvalue weighted by molar-refractivity contribution is 5.68. The van der Waals surface area contributed by atoms with E-state index in [1.54, 1.807) is 0 Å². The number of ether oxygens (including phenoxy) is 2. The number of hydrogen-bond donors (Lipinski definition) is 2. The molecule has 0 amide bonds. The van der Waals surface area contributed by atoms with Crippen molar-refractivity contribution in [3.05, 3.63) is 0 Å². The summed E-state index contributed by atoms with van der Waals surface area (Å²) < 4.78 is 10.1. The second-order valence-electron chi connectivity index (χ2n) is 4.13. The Morgan fingerprint density at radius 1 is 1.11 bits per heavy atom. The van der Waals surface area contributed by atoms with Gasteiger partial charge in [-0.2, -0.15) is 0 Å². The molecule has 18 heavy (non-hydrogen) atoms. The summed E-state index contributed by atoms with van der Waals surface area (Å²) >= 11 is 0. The van der Waals surface area contributed by atoms with Crippen molar-refractivity contribution in [3.63, 3.8) is 0 Å². The largest absolute Gasteiger partial charge is 0.481 e. The van der Waals surface area contributed by atoms with Crippen LogP contribution in [0, 0.1) is 5.92 Å². The predicted molar refractivity (Wildman–Crippen MR) is 64.5 cm³/mol. The number of carboxylic acid groups (broad SMARTS) is 2. The Morgan fingerprint density at radius 2 is 1.78 bits per heavy atom. The van der Waals surface area contributed by atoms with E-state index in [0.29, 0.717) is 6.61 Å². The van der Waals surface area contributed by atoms with Gasteiger partial charge in [0.1, 0.15) is 6.61 Å². The van der Waals surface area contributed by atoms with Crippen LogP contribution in [-0.4, -0.2) is 48.6 Å². The highest BCUT2D eigenvalue weighted by Gasteiger charge is 2.12. The zero-order valence-corrected chi connectivity index (χ0v) is 10.8. The van der Waals surface area contributed by atoms with Crippen LogP contribution >= 0.6 is 0 Å². The summed E-state index contributed by atoms with van der Waals surface area (Å²) in [7, 11) is 0. The molecule has 0 aliphatic rings. The molecule has 106 valence electrons. The first kappa shape index (κ1) is 16.9. The summed E-state index contributed by atoms with van der Waals surface area (Å²) in [4.78, 5) is 20.8. The van der Waals surface area contributed by atoms with E-state index < -0.39 is 11.9 Å². The van der Waals surface area contributed by atoms with Gasteiger partial charge in [-0.25, -0.2) is 4.79 Å². The van der Waals surface area contributed by atoms with Crippen molar-refractivity contribution in [2.24, 2.45) is 5.92 Å². The van der Waals surface area contributed by atoms with Crippen LogP contribution in [-0.2, 0) is 19.1 Å². The molecule has 2 N–H and O–H groups in total. The van der Waals surface area contributed by atoms with Crippen molar-refractivity contribution >= 4 is 11.9 Å². The fraction of sp³-hybridized carbons (Fsp3) is 0.833. The number of carboxylic acids is 2. The second-order valence-corrected chi connectivity index (χ2v) is 4.13. The van der Waals surface area contributed by atoms with Gasteiger partial charge in [-0.15, -0.1) is 0 Å². The zero-order valence-electron chi connectivity index (χ0n) is 10.8. The van der Waals surface area contributed by atoms with Crippen molar-refractivity contribution in [1.29, 1.82) is 0 Å². The molecule has 0 saturated heterocycles. The average Bonchev–Trinajstić information content (AvgIpc) is 2.29. The van der Waals surface area contributed by atoms with E-state index in [2.05, 4.69) is 6.92 Å². The first-order chi connectivity index (χ1) is 8.56. The molecule has 0 aliphatic carbocycles. The van der Waals surface area contributed by atoms with Gasteiger partial charge in [-0.3, -0.25) is 4.79 Å². The van der Waals surface area contributed by atoms with Gasteiger partial charge in [0, 0.05) is 0 Å². The lowest BCUT2D eigenvalue weighted by atomic mass is 10.00. The van der Waals surface area contributed by atoms with Crippen LogP contribution in [0.4, 0.5) is 0 Å². The topological polar surface area (TPSA) is 93.1 Å². The molecular formula is C12H22O6. The Kier molecular flexibility index (Phi) is 10.3. The average molecular weight is 262 g/mol. The SMILES string of the molecule is CCCCC(COCCOCC(=O)O)CC(=O)O. The lowest BCUT2D eigenvalue weighted by Crippen LogP contribution is -2.17. The highest BCUT2D eigenvalue weighted by Crippen LogP contribution is 2.13. The Hall–Kier alpha value is -1.14. The highest BCUT2D eigenvalue weighted by atomic mass is 16.5. The van der Waals surface area contributed by atoms with E-state index >= 15 is 0 Å². The van der Waals surface area contributed by atoms with Crippen LogP contribution in [0.5, 0.6) is 0 Å². The number of aliphatic carboxylic acids is 2. The molecular weight excluding hydrogens is 240 g/mol. The molecule has 0 aromatic carbocycles. The molecule has 0 rings (SSSR count). The van der Waals surface area contributed by atoms with Gasteiger partial charge in [0.2, 0.25) is 0 Å². The molecule has 0 spiro atoms. The van der Waals surface area contributed by atoms with Crippen LogP contribution in [0.25, 0.3) is 0 Å². The van der Waals surface area contributed by atoms with Crippen molar-refractivity contribution in [1.82, 2.24) is 0 Å². The van der Waals surface area contributed by atoms with Gasteiger partial charge >= 0.3 is 11.9 Å². The molecule has 1 atom stereocenters. The summed E-state index contributed by atoms with van der Waals surface area (Å²) in [5.41, 5.74) is 0. The van der Waals surface area contributed by atoms with Gasteiger partial charge in [0.05, 0.1) is 26.2 Å². The third-order valence-corrected chi connectivity index (χ3v) is 2.38. The van der Waals surface area contributed by atoms with Gasteiger partial charge in [-0.05, 0) is 12.3 Å². The molecule has 0 aromatic heterocycles. The molecule has 0 aliphatic heterocycles. The lowest BCUT2D eigenvalue weighted by Gasteiger charge is -2.14. The first-order valence-corrected chi connectivity index (χ1v) is 6.15. The second kappa shape index (κ2) is 11.0. The Bertz CT molecular complexity index is 241. The van der Waals surface area contributed by atoms with E-state index in [1.165, 1.54) is 0 Å². The van der Waals surface area contributed by atoms with Crippen molar-refractivity contribution in [3.8, 4) is 0 Å². The van der Waals surface area contributed by atoms with E-state index in [0.717, 1.165) is 19.3 Å². The maximum atomic E-state index is 10.6. The van der Waals surface area contributed by atoms with E-state index in [9.17, 15) is 9.59 Å². The van der Waals surface area contributed by atoms with Crippen molar-refractivity contribution < 1.29 is 29.3 Å². The number of carbonyl (C=O) groups is 2. The minimum Gasteiger partial charge on any atom is -0.481 e. The fourth-order valence-electron chi connectivity index (χ4n) is 1.51. The standard InChI is InChI=1S/C12H22O6/c1-2-3-4-10(7-11(13)14)8-17-5-6-18-9-12(15)16/h10H,2-9H2,1H3,(H,13,14)(H,15,16). The zero-order chi connectivity index (χ0) is 13.8. The summed E-state index contributed by atoms with van der Waals surface area (Å²) in [6, 6.07) is 0. The summed E-state index contributed by atoms with van der Waals surface area (Å²) in [5.74, 6) is -1.81. The Morgan fingerprint density at radius 3 is 2.33 bits per heavy atom. The summed E-state index contributed by atoms with van der Waals surface area (Å²) in [6.07, 6.45) is 2.95. The summed E-state index contributed by atoms with van der Waals surface area (Å²) in [5, 5.41) is 17.1. The molecule has 0 aromatic rings. The van der Waals surface area contributed by atoms with Crippen LogP contribution in [0.15, 0.2) is 0 Å². The van der Waals surface area contributed by atoms with Gasteiger partial charge < -0.3 is 19.7 Å². The molecule has 0 bridgehead atoms.